The van der Waals surface area contributed by atoms with Gasteiger partial charge in [0.2, 0.25) is 0 Å². The molecule has 2 saturated heterocycles. The van der Waals surface area contributed by atoms with E-state index in [2.05, 4.69) is 0 Å². The van der Waals surface area contributed by atoms with E-state index in [-0.39, 0.29) is 19.8 Å². The van der Waals surface area contributed by atoms with E-state index in [0.29, 0.717) is 0 Å². The number of ether oxygens (including phenoxy) is 10. The summed E-state index contributed by atoms with van der Waals surface area (Å²) >= 11 is 0. The van der Waals surface area contributed by atoms with Gasteiger partial charge in [0.25, 0.3) is 0 Å². The molecule has 2 heterocycles. The molecule has 0 saturated carbocycles. The third kappa shape index (κ3) is 11.8. The molecule has 0 radical (unpaired) electrons. The van der Waals surface area contributed by atoms with Crippen LogP contribution in [0.25, 0.3) is 0 Å². The van der Waals surface area contributed by atoms with Crippen molar-refractivity contribution in [2.45, 2.75) is 109 Å². The first-order chi connectivity index (χ1) is 24.8. The number of benzene rings is 2. The van der Waals surface area contributed by atoms with E-state index in [1.54, 1.807) is 24.3 Å². The fourth-order valence-electron chi connectivity index (χ4n) is 5.78. The Hall–Kier alpha value is -4.45. The zero-order chi connectivity index (χ0) is 37.8. The minimum atomic E-state index is -1.69. The SMILES string of the molecule is CC(=O)OC[C@H]1O[C@@H](O[C@@H]2[C@@H](OCc3ccccc3)[C@H](O)O[C@H](COCc3ccccc3)[C@@H]2OC(C)=O)[C@H](OC(C)=O)[C@@H](OC(C)=O)[C@H]1OC(C)=O. The number of carbonyl (C=O) groups is 5. The summed E-state index contributed by atoms with van der Waals surface area (Å²) in [6.07, 6.45) is -14.6. The smallest absolute Gasteiger partial charge is 0.303 e. The molecule has 2 aliphatic rings. The Morgan fingerprint density at radius 2 is 1.04 bits per heavy atom. The van der Waals surface area contributed by atoms with Crippen LogP contribution in [-0.2, 0) is 84.6 Å². The van der Waals surface area contributed by atoms with Crippen molar-refractivity contribution in [2.75, 3.05) is 13.2 Å². The molecule has 0 bridgehead atoms. The number of hydrogen-bond donors (Lipinski definition) is 1. The highest BCUT2D eigenvalue weighted by Gasteiger charge is 2.56. The molecule has 4 rings (SSSR count). The summed E-state index contributed by atoms with van der Waals surface area (Å²) in [5, 5.41) is 11.4. The number of hydrogen-bond acceptors (Lipinski definition) is 16. The summed E-state index contributed by atoms with van der Waals surface area (Å²) in [7, 11) is 0. The van der Waals surface area contributed by atoms with Crippen molar-refractivity contribution in [1.82, 2.24) is 0 Å². The summed E-state index contributed by atoms with van der Waals surface area (Å²) in [5.41, 5.74) is 1.57. The third-order valence-electron chi connectivity index (χ3n) is 7.83. The normalized spacial score (nSPS) is 28.6. The largest absolute Gasteiger partial charge is 0.463 e. The Labute approximate surface area is 300 Å². The fourth-order valence-corrected chi connectivity index (χ4v) is 5.78. The van der Waals surface area contributed by atoms with Gasteiger partial charge in [-0.15, -0.1) is 0 Å². The van der Waals surface area contributed by atoms with Crippen LogP contribution in [-0.4, -0.2) is 110 Å². The van der Waals surface area contributed by atoms with Crippen LogP contribution < -0.4 is 0 Å². The standard InChI is InChI=1S/C36H44O16/c1-20(37)44-19-28-30(47-22(3)39)32(48-23(4)40)34(49-24(5)41)36(51-28)52-31-29(46-21(2)38)27(18-43-16-25-12-8-6-9-13-25)50-35(42)33(31)45-17-26-14-10-7-11-15-26/h6-15,27-36,42H,16-19H2,1-5H3/t27-,28-,29+,30+,31+,32+,33-,34-,35-,36+/m1/s1. The van der Waals surface area contributed by atoms with Gasteiger partial charge in [0.05, 0.1) is 19.8 Å². The minimum absolute atomic E-state index is 0.0493. The number of aliphatic hydroxyl groups excluding tert-OH is 1. The predicted octanol–water partition coefficient (Wildman–Crippen LogP) is 1.91. The lowest BCUT2D eigenvalue weighted by Crippen LogP contribution is -2.67. The molecule has 0 amide bonds. The van der Waals surface area contributed by atoms with Gasteiger partial charge in [-0.3, -0.25) is 24.0 Å². The van der Waals surface area contributed by atoms with Crippen molar-refractivity contribution < 1.29 is 76.4 Å². The van der Waals surface area contributed by atoms with E-state index in [0.717, 1.165) is 45.7 Å². The Morgan fingerprint density at radius 1 is 0.558 bits per heavy atom. The molecule has 2 fully saturated rings. The maximum atomic E-state index is 12.6. The summed E-state index contributed by atoms with van der Waals surface area (Å²) in [5.74, 6) is -3.95. The monoisotopic (exact) mass is 732 g/mol. The van der Waals surface area contributed by atoms with Gasteiger partial charge < -0.3 is 52.5 Å². The van der Waals surface area contributed by atoms with Crippen LogP contribution in [0.4, 0.5) is 0 Å². The number of carbonyl (C=O) groups excluding carboxylic acids is 5. The molecular weight excluding hydrogens is 688 g/mol. The molecule has 10 atom stereocenters. The van der Waals surface area contributed by atoms with Crippen LogP contribution in [0.2, 0.25) is 0 Å². The molecule has 52 heavy (non-hydrogen) atoms. The molecule has 0 spiro atoms. The number of rotatable bonds is 15. The van der Waals surface area contributed by atoms with Gasteiger partial charge in [-0.05, 0) is 11.1 Å². The van der Waals surface area contributed by atoms with Crippen molar-refractivity contribution in [2.24, 2.45) is 0 Å². The van der Waals surface area contributed by atoms with Gasteiger partial charge in [-0.2, -0.15) is 0 Å². The molecule has 16 heteroatoms. The molecule has 0 aromatic heterocycles. The topological polar surface area (TPSA) is 198 Å². The molecule has 0 aliphatic carbocycles. The van der Waals surface area contributed by atoms with E-state index in [4.69, 9.17) is 47.4 Å². The molecule has 0 unspecified atom stereocenters. The lowest BCUT2D eigenvalue weighted by molar-refractivity contribution is -0.362. The summed E-state index contributed by atoms with van der Waals surface area (Å²) in [4.78, 5) is 61.4. The van der Waals surface area contributed by atoms with Gasteiger partial charge in [0.15, 0.2) is 37.0 Å². The maximum Gasteiger partial charge on any atom is 0.303 e. The van der Waals surface area contributed by atoms with Gasteiger partial charge in [-0.1, -0.05) is 60.7 Å². The molecule has 16 nitrogen and oxygen atoms in total. The van der Waals surface area contributed by atoms with Crippen LogP contribution in [0, 0.1) is 0 Å². The first-order valence-corrected chi connectivity index (χ1v) is 16.6. The van der Waals surface area contributed by atoms with Gasteiger partial charge >= 0.3 is 29.8 Å². The van der Waals surface area contributed by atoms with Crippen LogP contribution in [0.15, 0.2) is 60.7 Å². The quantitative estimate of drug-likeness (QED) is 0.206. The van der Waals surface area contributed by atoms with Crippen LogP contribution in [0.3, 0.4) is 0 Å². The predicted molar refractivity (Wildman–Crippen MR) is 174 cm³/mol. The lowest BCUT2D eigenvalue weighted by Gasteiger charge is -2.48. The highest BCUT2D eigenvalue weighted by Crippen LogP contribution is 2.35. The first kappa shape index (κ1) is 40.3. The van der Waals surface area contributed by atoms with Crippen molar-refractivity contribution in [3.8, 4) is 0 Å². The molecule has 2 aliphatic heterocycles. The van der Waals surface area contributed by atoms with Crippen molar-refractivity contribution >= 4 is 29.8 Å². The van der Waals surface area contributed by atoms with Crippen LogP contribution in [0.1, 0.15) is 45.7 Å². The Kier molecular flexibility index (Phi) is 15.0. The Morgan fingerprint density at radius 3 is 1.58 bits per heavy atom. The van der Waals surface area contributed by atoms with E-state index in [1.165, 1.54) is 0 Å². The van der Waals surface area contributed by atoms with E-state index in [1.807, 2.05) is 36.4 Å². The summed E-state index contributed by atoms with van der Waals surface area (Å²) < 4.78 is 58.0. The van der Waals surface area contributed by atoms with Gasteiger partial charge in [0.1, 0.15) is 31.0 Å². The Bertz CT molecular complexity index is 1490. The van der Waals surface area contributed by atoms with E-state index < -0.39 is 97.9 Å². The fraction of sp³-hybridized carbons (Fsp3) is 0.528. The second kappa shape index (κ2) is 19.4. The minimum Gasteiger partial charge on any atom is -0.463 e. The van der Waals surface area contributed by atoms with Crippen molar-refractivity contribution in [3.05, 3.63) is 71.8 Å². The molecular formula is C36H44O16. The molecule has 2 aromatic rings. The van der Waals surface area contributed by atoms with Crippen LogP contribution >= 0.6 is 0 Å². The Balaban J connectivity index is 1.74. The second-order valence-electron chi connectivity index (χ2n) is 12.1. The number of aliphatic hydroxyl groups is 1. The first-order valence-electron chi connectivity index (χ1n) is 16.6. The molecule has 2 aromatic carbocycles. The second-order valence-corrected chi connectivity index (χ2v) is 12.1. The van der Waals surface area contributed by atoms with E-state index in [9.17, 15) is 29.1 Å². The summed E-state index contributed by atoms with van der Waals surface area (Å²) in [6, 6.07) is 18.2. The zero-order valence-corrected chi connectivity index (χ0v) is 29.4. The van der Waals surface area contributed by atoms with Crippen molar-refractivity contribution in [3.63, 3.8) is 0 Å². The zero-order valence-electron chi connectivity index (χ0n) is 29.4. The van der Waals surface area contributed by atoms with Crippen LogP contribution in [0.5, 0.6) is 0 Å². The number of esters is 5. The molecule has 1 N–H and O–H groups in total. The average Bonchev–Trinajstić information content (AvgIpc) is 3.08. The average molecular weight is 733 g/mol. The lowest BCUT2D eigenvalue weighted by atomic mass is 9.96. The maximum absolute atomic E-state index is 12.6. The van der Waals surface area contributed by atoms with Crippen molar-refractivity contribution in [1.29, 1.82) is 0 Å². The van der Waals surface area contributed by atoms with Gasteiger partial charge in [-0.25, -0.2) is 0 Å². The highest BCUT2D eigenvalue weighted by atomic mass is 16.8. The molecule has 284 valence electrons. The van der Waals surface area contributed by atoms with Gasteiger partial charge in [0, 0.05) is 34.6 Å². The highest BCUT2D eigenvalue weighted by molar-refractivity contribution is 5.69. The third-order valence-corrected chi connectivity index (χ3v) is 7.83. The van der Waals surface area contributed by atoms with E-state index >= 15 is 0 Å². The summed E-state index contributed by atoms with van der Waals surface area (Å²) in [6.45, 7) is 4.98.